The van der Waals surface area contributed by atoms with Crippen LogP contribution in [0.1, 0.15) is 5.89 Å². The van der Waals surface area contributed by atoms with E-state index in [4.69, 9.17) is 44.0 Å². The maximum Gasteiger partial charge on any atom is 0.249 e. The summed E-state index contributed by atoms with van der Waals surface area (Å²) in [4.78, 5) is 4.47. The Morgan fingerprint density at radius 3 is 2.62 bits per heavy atom. The van der Waals surface area contributed by atoms with Crippen LogP contribution in [0.4, 0.5) is 0 Å². The van der Waals surface area contributed by atoms with Gasteiger partial charge in [0.1, 0.15) is 5.75 Å². The molecule has 0 unspecified atom stereocenters. The van der Waals surface area contributed by atoms with Gasteiger partial charge in [-0.1, -0.05) is 46.6 Å². The first-order valence-electron chi connectivity index (χ1n) is 8.20. The number of nitrogens with zero attached hydrogens (tertiary/aromatic N) is 4. The highest BCUT2D eigenvalue weighted by Crippen LogP contribution is 2.32. The van der Waals surface area contributed by atoms with Crippen LogP contribution in [-0.2, 0) is 5.75 Å². The molecule has 4 aromatic rings. The van der Waals surface area contributed by atoms with E-state index in [0.29, 0.717) is 54.9 Å². The Bertz CT molecular complexity index is 1160. The Balaban J connectivity index is 1.47. The van der Waals surface area contributed by atoms with Crippen LogP contribution in [0.2, 0.25) is 15.1 Å². The van der Waals surface area contributed by atoms with Crippen molar-refractivity contribution >= 4 is 46.6 Å². The van der Waals surface area contributed by atoms with Gasteiger partial charge in [0.2, 0.25) is 16.9 Å². The molecule has 0 radical (unpaired) electrons. The fourth-order valence-corrected chi connectivity index (χ4v) is 3.80. The normalized spacial score (nSPS) is 11.0. The van der Waals surface area contributed by atoms with Gasteiger partial charge in [-0.25, -0.2) is 4.98 Å². The topological polar surface area (TPSA) is 89.7 Å². The monoisotopic (exact) mass is 467 g/mol. The van der Waals surface area contributed by atoms with Gasteiger partial charge in [0.15, 0.2) is 5.82 Å². The molecule has 11 heteroatoms. The molecule has 0 fully saturated rings. The lowest BCUT2D eigenvalue weighted by atomic mass is 10.2. The number of aromatic nitrogens is 5. The standard InChI is InChI=1S/C18H12Cl3N5O2S/c1-27-14-5-3-9(19)6-12(14)16-22-18(26-24-16)29-8-15-23-25-17(28-15)11-4-2-10(20)7-13(11)21/h2-7H,8H2,1H3,(H,22,24,26). The Labute approximate surface area is 184 Å². The van der Waals surface area contributed by atoms with Gasteiger partial charge in [0.05, 0.1) is 29.0 Å². The van der Waals surface area contributed by atoms with Gasteiger partial charge >= 0.3 is 0 Å². The number of rotatable bonds is 6. The molecule has 0 aliphatic rings. The fourth-order valence-electron chi connectivity index (χ4n) is 2.51. The molecule has 2 heterocycles. The highest BCUT2D eigenvalue weighted by molar-refractivity contribution is 7.98. The van der Waals surface area contributed by atoms with Crippen LogP contribution in [0.3, 0.4) is 0 Å². The first-order chi connectivity index (χ1) is 14.0. The van der Waals surface area contributed by atoms with Gasteiger partial charge in [-0.3, -0.25) is 5.10 Å². The summed E-state index contributed by atoms with van der Waals surface area (Å²) in [6.07, 6.45) is 0. The number of aromatic amines is 1. The molecule has 1 N–H and O–H groups in total. The van der Waals surface area contributed by atoms with Crippen molar-refractivity contribution in [3.05, 3.63) is 57.4 Å². The minimum Gasteiger partial charge on any atom is -0.496 e. The van der Waals surface area contributed by atoms with E-state index < -0.39 is 0 Å². The average molecular weight is 469 g/mol. The Morgan fingerprint density at radius 2 is 1.83 bits per heavy atom. The van der Waals surface area contributed by atoms with Crippen molar-refractivity contribution in [2.45, 2.75) is 10.9 Å². The minimum atomic E-state index is 0.321. The van der Waals surface area contributed by atoms with Crippen LogP contribution in [-0.4, -0.2) is 32.5 Å². The molecule has 0 aliphatic heterocycles. The zero-order chi connectivity index (χ0) is 20.4. The number of thioether (sulfide) groups is 1. The largest absolute Gasteiger partial charge is 0.496 e. The maximum atomic E-state index is 6.18. The van der Waals surface area contributed by atoms with Crippen LogP contribution in [0, 0.1) is 0 Å². The van der Waals surface area contributed by atoms with Crippen molar-refractivity contribution in [1.82, 2.24) is 25.4 Å². The smallest absolute Gasteiger partial charge is 0.249 e. The molecule has 0 bridgehead atoms. The van der Waals surface area contributed by atoms with Crippen molar-refractivity contribution < 1.29 is 9.15 Å². The van der Waals surface area contributed by atoms with Crippen LogP contribution in [0.25, 0.3) is 22.8 Å². The molecule has 4 rings (SSSR count). The Kier molecular flexibility index (Phi) is 5.96. The van der Waals surface area contributed by atoms with Crippen molar-refractivity contribution in [3.63, 3.8) is 0 Å². The number of halogens is 3. The third-order valence-electron chi connectivity index (χ3n) is 3.83. The van der Waals surface area contributed by atoms with E-state index in [1.54, 1.807) is 43.5 Å². The summed E-state index contributed by atoms with van der Waals surface area (Å²) >= 11 is 19.5. The van der Waals surface area contributed by atoms with Gasteiger partial charge in [-0.05, 0) is 36.4 Å². The molecule has 7 nitrogen and oxygen atoms in total. The summed E-state index contributed by atoms with van der Waals surface area (Å²) < 4.78 is 11.0. The van der Waals surface area contributed by atoms with E-state index in [9.17, 15) is 0 Å². The van der Waals surface area contributed by atoms with Gasteiger partial charge in [-0.2, -0.15) is 0 Å². The van der Waals surface area contributed by atoms with Gasteiger partial charge < -0.3 is 9.15 Å². The summed E-state index contributed by atoms with van der Waals surface area (Å²) in [5, 5.41) is 17.2. The number of benzene rings is 2. The van der Waals surface area contributed by atoms with Gasteiger partial charge in [0.25, 0.3) is 0 Å². The zero-order valence-electron chi connectivity index (χ0n) is 14.8. The number of H-pyrrole nitrogens is 1. The van der Waals surface area contributed by atoms with Crippen LogP contribution < -0.4 is 4.74 Å². The highest BCUT2D eigenvalue weighted by atomic mass is 35.5. The number of nitrogens with one attached hydrogen (secondary N) is 1. The molecule has 148 valence electrons. The second-order valence-corrected chi connectivity index (χ2v) is 7.95. The van der Waals surface area contributed by atoms with Crippen molar-refractivity contribution in [1.29, 1.82) is 0 Å². The summed E-state index contributed by atoms with van der Waals surface area (Å²) in [5.74, 6) is 2.32. The summed E-state index contributed by atoms with van der Waals surface area (Å²) in [6, 6.07) is 10.3. The average Bonchev–Trinajstić information content (AvgIpc) is 3.36. The third-order valence-corrected chi connectivity index (χ3v) is 5.45. The molecule has 0 aliphatic carbocycles. The van der Waals surface area contributed by atoms with E-state index in [-0.39, 0.29) is 0 Å². The van der Waals surface area contributed by atoms with E-state index in [0.717, 1.165) is 5.56 Å². The van der Waals surface area contributed by atoms with Gasteiger partial charge in [0, 0.05) is 10.0 Å². The maximum absolute atomic E-state index is 6.18. The lowest BCUT2D eigenvalue weighted by Crippen LogP contribution is -1.89. The Hall–Kier alpha value is -2.26. The molecule has 0 amide bonds. The van der Waals surface area contributed by atoms with E-state index >= 15 is 0 Å². The van der Waals surface area contributed by atoms with Crippen LogP contribution in [0.15, 0.2) is 46.0 Å². The number of hydrogen-bond acceptors (Lipinski definition) is 7. The van der Waals surface area contributed by atoms with E-state index in [1.807, 2.05) is 0 Å². The first-order valence-corrected chi connectivity index (χ1v) is 10.3. The Morgan fingerprint density at radius 1 is 1.03 bits per heavy atom. The first kappa shape index (κ1) is 20.0. The molecular formula is C18H12Cl3N5O2S. The second kappa shape index (κ2) is 8.62. The predicted molar refractivity (Wildman–Crippen MR) is 113 cm³/mol. The molecule has 0 spiro atoms. The number of hydrogen-bond donors (Lipinski definition) is 1. The quantitative estimate of drug-likeness (QED) is 0.358. The fraction of sp³-hybridized carbons (Fsp3) is 0.111. The minimum absolute atomic E-state index is 0.321. The second-order valence-electron chi connectivity index (χ2n) is 5.72. The predicted octanol–water partition coefficient (Wildman–Crippen LogP) is 5.78. The highest BCUT2D eigenvalue weighted by Gasteiger charge is 2.15. The molecule has 2 aromatic carbocycles. The van der Waals surface area contributed by atoms with E-state index in [2.05, 4.69) is 25.4 Å². The number of ether oxygens (including phenoxy) is 1. The molecule has 2 aromatic heterocycles. The van der Waals surface area contributed by atoms with Gasteiger partial charge in [-0.15, -0.1) is 15.3 Å². The summed E-state index contributed by atoms with van der Waals surface area (Å²) in [7, 11) is 1.58. The molecular weight excluding hydrogens is 457 g/mol. The third kappa shape index (κ3) is 4.51. The molecule has 0 atom stereocenters. The summed E-state index contributed by atoms with van der Waals surface area (Å²) in [5.41, 5.74) is 1.34. The molecule has 29 heavy (non-hydrogen) atoms. The van der Waals surface area contributed by atoms with Crippen molar-refractivity contribution in [2.75, 3.05) is 7.11 Å². The van der Waals surface area contributed by atoms with Crippen molar-refractivity contribution in [3.8, 4) is 28.6 Å². The van der Waals surface area contributed by atoms with Crippen LogP contribution in [0.5, 0.6) is 5.75 Å². The zero-order valence-corrected chi connectivity index (χ0v) is 17.9. The molecule has 0 saturated heterocycles. The van der Waals surface area contributed by atoms with Crippen LogP contribution >= 0.6 is 46.6 Å². The lowest BCUT2D eigenvalue weighted by molar-refractivity contribution is 0.416. The van der Waals surface area contributed by atoms with Crippen molar-refractivity contribution in [2.24, 2.45) is 0 Å². The lowest BCUT2D eigenvalue weighted by Gasteiger charge is -2.05. The number of methoxy groups -OCH3 is 1. The molecule has 0 saturated carbocycles. The van der Waals surface area contributed by atoms with E-state index in [1.165, 1.54) is 11.8 Å². The SMILES string of the molecule is COc1ccc(Cl)cc1-c1nc(SCc2nnc(-c3ccc(Cl)cc3Cl)o2)n[nH]1. The summed E-state index contributed by atoms with van der Waals surface area (Å²) in [6.45, 7) is 0.